The molecule has 0 N–H and O–H groups in total. The molecule has 3 rings (SSSR count). The molecule has 8 heteroatoms. The highest BCUT2D eigenvalue weighted by Gasteiger charge is 2.42. The smallest absolute Gasteiger partial charge is 0.416 e. The highest BCUT2D eigenvalue weighted by molar-refractivity contribution is 5.80. The Hall–Kier alpha value is -2.97. The average Bonchev–Trinajstić information content (AvgIpc) is 3.24. The number of carbonyl (C=O) groups excluding carboxylic acids is 2. The molecule has 176 valence electrons. The molecule has 1 saturated heterocycles. The van der Waals surface area contributed by atoms with Crippen LogP contribution in [0.15, 0.2) is 54.6 Å². The molecule has 0 aromatic heterocycles. The Morgan fingerprint density at radius 1 is 1.24 bits per heavy atom. The lowest BCUT2D eigenvalue weighted by molar-refractivity contribution is -0.162. The summed E-state index contributed by atoms with van der Waals surface area (Å²) < 4.78 is 50.1. The molecule has 33 heavy (non-hydrogen) atoms. The van der Waals surface area contributed by atoms with Crippen molar-refractivity contribution >= 4 is 17.8 Å². The van der Waals surface area contributed by atoms with Gasteiger partial charge in [0.1, 0.15) is 6.29 Å². The first kappa shape index (κ1) is 24.7. The predicted octanol–water partition coefficient (Wildman–Crippen LogP) is 4.81. The molecule has 1 heterocycles. The number of nitrogens with zero attached hydrogens (tertiary/aromatic N) is 1. The third-order valence-electron chi connectivity index (χ3n) is 5.78. The van der Waals surface area contributed by atoms with Crippen LogP contribution in [0, 0.1) is 0 Å². The second-order valence-electron chi connectivity index (χ2n) is 8.06. The quantitative estimate of drug-likeness (QED) is 0.337. The number of hydrogen-bond donors (Lipinski definition) is 0. The Kier molecular flexibility index (Phi) is 7.71. The number of hydrogen-bond acceptors (Lipinski definition) is 5. The van der Waals surface area contributed by atoms with E-state index >= 15 is 0 Å². The van der Waals surface area contributed by atoms with E-state index in [-0.39, 0.29) is 12.6 Å². The average molecular weight is 461 g/mol. The van der Waals surface area contributed by atoms with Crippen molar-refractivity contribution in [2.75, 3.05) is 13.7 Å². The predicted molar refractivity (Wildman–Crippen MR) is 117 cm³/mol. The number of methoxy groups -OCH3 is 1. The van der Waals surface area contributed by atoms with Crippen LogP contribution >= 0.6 is 0 Å². The zero-order valence-electron chi connectivity index (χ0n) is 18.6. The summed E-state index contributed by atoms with van der Waals surface area (Å²) in [4.78, 5) is 24.8. The van der Waals surface area contributed by atoms with Crippen LogP contribution in [0.2, 0.25) is 0 Å². The van der Waals surface area contributed by atoms with Crippen molar-refractivity contribution in [2.24, 2.45) is 0 Å². The Balaban J connectivity index is 1.78. The minimum absolute atomic E-state index is 0.151. The van der Waals surface area contributed by atoms with Gasteiger partial charge < -0.3 is 9.47 Å². The monoisotopic (exact) mass is 461 g/mol. The number of esters is 1. The Morgan fingerprint density at radius 3 is 2.55 bits per heavy atom. The van der Waals surface area contributed by atoms with Gasteiger partial charge in [0.15, 0.2) is 0 Å². The van der Waals surface area contributed by atoms with E-state index in [2.05, 4.69) is 0 Å². The van der Waals surface area contributed by atoms with Crippen LogP contribution in [-0.4, -0.2) is 43.1 Å². The Labute approximate surface area is 190 Å². The minimum Gasteiger partial charge on any atom is -0.466 e. The van der Waals surface area contributed by atoms with Crippen LogP contribution in [0.25, 0.3) is 5.57 Å². The fourth-order valence-electron chi connectivity index (χ4n) is 3.93. The fourth-order valence-corrected chi connectivity index (χ4v) is 3.93. The van der Waals surface area contributed by atoms with Crippen LogP contribution in [0.4, 0.5) is 13.2 Å². The largest absolute Gasteiger partial charge is 0.466 e. The summed E-state index contributed by atoms with van der Waals surface area (Å²) in [5.74, 6) is -0.596. The van der Waals surface area contributed by atoms with E-state index in [1.165, 1.54) is 19.3 Å². The topological polar surface area (TPSA) is 55.8 Å². The standard InChI is InChI=1S/C25H26F3NO4/c1-16(11-12-30)19-9-7-18(8-10-19)13-17(2)29-15-22(33-23(29)24(31)32-3)20-5-4-6-21(14-20)25(26,27)28/h4-12,14,17,22-23H,13,15H2,1-3H3/b16-11+. The SMILES string of the molecule is COC(=O)C1OC(c2cccc(C(F)(F)F)c2)CN1C(C)Cc1ccc(/C(C)=C/C=O)cc1. The highest BCUT2D eigenvalue weighted by atomic mass is 19.4. The summed E-state index contributed by atoms with van der Waals surface area (Å²) in [6.07, 6.45) is -3.35. The van der Waals surface area contributed by atoms with E-state index < -0.39 is 30.0 Å². The van der Waals surface area contributed by atoms with Crippen molar-refractivity contribution in [3.8, 4) is 0 Å². The lowest BCUT2D eigenvalue weighted by Gasteiger charge is -2.27. The molecule has 0 spiro atoms. The maximum atomic E-state index is 13.1. The van der Waals surface area contributed by atoms with Gasteiger partial charge in [-0.05, 0) is 60.7 Å². The second kappa shape index (κ2) is 10.3. The van der Waals surface area contributed by atoms with Crippen molar-refractivity contribution in [2.45, 2.75) is 44.8 Å². The number of alkyl halides is 3. The van der Waals surface area contributed by atoms with Crippen LogP contribution in [-0.2, 0) is 31.7 Å². The van der Waals surface area contributed by atoms with Crippen molar-refractivity contribution < 1.29 is 32.2 Å². The molecular weight excluding hydrogens is 435 g/mol. The van der Waals surface area contributed by atoms with Gasteiger partial charge in [0.05, 0.1) is 18.8 Å². The van der Waals surface area contributed by atoms with E-state index in [1.807, 2.05) is 43.0 Å². The molecule has 2 aromatic rings. The third kappa shape index (κ3) is 5.89. The summed E-state index contributed by atoms with van der Waals surface area (Å²) in [5, 5.41) is 0. The molecule has 1 aliphatic heterocycles. The van der Waals surface area contributed by atoms with Gasteiger partial charge in [-0.15, -0.1) is 0 Å². The van der Waals surface area contributed by atoms with Gasteiger partial charge in [-0.1, -0.05) is 36.4 Å². The summed E-state index contributed by atoms with van der Waals surface area (Å²) >= 11 is 0. The molecule has 3 atom stereocenters. The number of carbonyl (C=O) groups is 2. The van der Waals surface area contributed by atoms with Gasteiger partial charge >= 0.3 is 12.1 Å². The molecular formula is C25H26F3NO4. The van der Waals surface area contributed by atoms with E-state index in [9.17, 15) is 22.8 Å². The lowest BCUT2D eigenvalue weighted by Crippen LogP contribution is -2.44. The van der Waals surface area contributed by atoms with Gasteiger partial charge in [0, 0.05) is 12.6 Å². The molecule has 5 nitrogen and oxygen atoms in total. The molecule has 0 amide bonds. The molecule has 1 aliphatic rings. The molecule has 3 unspecified atom stereocenters. The van der Waals surface area contributed by atoms with E-state index in [1.54, 1.807) is 6.07 Å². The van der Waals surface area contributed by atoms with Gasteiger partial charge in [0.2, 0.25) is 6.23 Å². The van der Waals surface area contributed by atoms with E-state index in [0.717, 1.165) is 35.1 Å². The molecule has 0 aliphatic carbocycles. The maximum absolute atomic E-state index is 13.1. The van der Waals surface area contributed by atoms with Gasteiger partial charge in [-0.25, -0.2) is 4.79 Å². The van der Waals surface area contributed by atoms with Crippen LogP contribution < -0.4 is 0 Å². The number of ether oxygens (including phenoxy) is 2. The van der Waals surface area contributed by atoms with Crippen LogP contribution in [0.3, 0.4) is 0 Å². The lowest BCUT2D eigenvalue weighted by atomic mass is 10.0. The molecule has 0 bridgehead atoms. The number of benzene rings is 2. The highest BCUT2D eigenvalue weighted by Crippen LogP contribution is 2.35. The number of halogens is 3. The fraction of sp³-hybridized carbons (Fsp3) is 0.360. The molecule has 1 fully saturated rings. The first-order chi connectivity index (χ1) is 15.6. The minimum atomic E-state index is -4.46. The van der Waals surface area contributed by atoms with Gasteiger partial charge in [-0.3, -0.25) is 9.69 Å². The zero-order chi connectivity index (χ0) is 24.2. The number of rotatable bonds is 7. The number of allylic oxidation sites excluding steroid dienone is 2. The molecule has 2 aromatic carbocycles. The van der Waals surface area contributed by atoms with Crippen molar-refractivity contribution in [1.29, 1.82) is 0 Å². The van der Waals surface area contributed by atoms with Crippen molar-refractivity contribution in [3.63, 3.8) is 0 Å². The first-order valence-corrected chi connectivity index (χ1v) is 10.5. The van der Waals surface area contributed by atoms with E-state index in [4.69, 9.17) is 9.47 Å². The van der Waals surface area contributed by atoms with Crippen molar-refractivity contribution in [3.05, 3.63) is 76.9 Å². The zero-order valence-corrected chi connectivity index (χ0v) is 18.6. The summed E-state index contributed by atoms with van der Waals surface area (Å²) in [7, 11) is 1.25. The van der Waals surface area contributed by atoms with Crippen LogP contribution in [0.5, 0.6) is 0 Å². The summed E-state index contributed by atoms with van der Waals surface area (Å²) in [5.41, 5.74) is 2.39. The molecule has 0 saturated carbocycles. The summed E-state index contributed by atoms with van der Waals surface area (Å²) in [6, 6.07) is 12.5. The number of aldehydes is 1. The summed E-state index contributed by atoms with van der Waals surface area (Å²) in [6.45, 7) is 4.03. The molecule has 0 radical (unpaired) electrons. The third-order valence-corrected chi connectivity index (χ3v) is 5.78. The maximum Gasteiger partial charge on any atom is 0.416 e. The normalized spacial score (nSPS) is 20.5. The van der Waals surface area contributed by atoms with E-state index in [0.29, 0.717) is 12.0 Å². The van der Waals surface area contributed by atoms with Gasteiger partial charge in [0.25, 0.3) is 0 Å². The van der Waals surface area contributed by atoms with Crippen LogP contribution in [0.1, 0.15) is 42.2 Å². The Morgan fingerprint density at radius 2 is 1.94 bits per heavy atom. The van der Waals surface area contributed by atoms with Gasteiger partial charge in [-0.2, -0.15) is 13.2 Å². The Bertz CT molecular complexity index is 1020. The van der Waals surface area contributed by atoms with Crippen molar-refractivity contribution in [1.82, 2.24) is 4.90 Å². The second-order valence-corrected chi connectivity index (χ2v) is 8.06. The first-order valence-electron chi connectivity index (χ1n) is 10.5.